The van der Waals surface area contributed by atoms with E-state index in [-0.39, 0.29) is 0 Å². The molecule has 0 saturated carbocycles. The molecule has 0 amide bonds. The summed E-state index contributed by atoms with van der Waals surface area (Å²) in [6, 6.07) is 21.6. The van der Waals surface area contributed by atoms with E-state index in [0.717, 1.165) is 32.8 Å². The third-order valence-corrected chi connectivity index (χ3v) is 4.15. The zero-order valence-electron chi connectivity index (χ0n) is 12.3. The molecule has 110 valence electrons. The highest BCUT2D eigenvalue weighted by Crippen LogP contribution is 2.29. The highest BCUT2D eigenvalue weighted by atomic mass is 16.4. The average molecular weight is 299 g/mol. The van der Waals surface area contributed by atoms with Gasteiger partial charge in [-0.3, -0.25) is 4.98 Å². The van der Waals surface area contributed by atoms with Crippen molar-refractivity contribution in [1.82, 2.24) is 4.98 Å². The molecule has 0 unspecified atom stereocenters. The largest absolute Gasteiger partial charge is 0.489 e. The molecule has 1 aromatic heterocycles. The minimum atomic E-state index is -1.48. The van der Waals surface area contributed by atoms with E-state index in [4.69, 9.17) is 0 Å². The third kappa shape index (κ3) is 2.38. The van der Waals surface area contributed by atoms with Crippen LogP contribution in [0.25, 0.3) is 32.8 Å². The van der Waals surface area contributed by atoms with E-state index in [1.54, 1.807) is 12.3 Å². The summed E-state index contributed by atoms with van der Waals surface area (Å²) in [5.41, 5.74) is 3.63. The van der Waals surface area contributed by atoms with Crippen LogP contribution in [-0.4, -0.2) is 22.2 Å². The van der Waals surface area contributed by atoms with Crippen molar-refractivity contribution in [3.05, 3.63) is 72.9 Å². The van der Waals surface area contributed by atoms with Gasteiger partial charge >= 0.3 is 7.12 Å². The molecule has 23 heavy (non-hydrogen) atoms. The van der Waals surface area contributed by atoms with Crippen molar-refractivity contribution < 1.29 is 10.0 Å². The second-order valence-corrected chi connectivity index (χ2v) is 5.53. The summed E-state index contributed by atoms with van der Waals surface area (Å²) in [7, 11) is -1.48. The van der Waals surface area contributed by atoms with Gasteiger partial charge < -0.3 is 10.0 Å². The van der Waals surface area contributed by atoms with E-state index in [1.165, 1.54) is 0 Å². The molecule has 0 saturated heterocycles. The van der Waals surface area contributed by atoms with Crippen LogP contribution in [0.1, 0.15) is 0 Å². The number of benzene rings is 3. The minimum absolute atomic E-state index is 0.520. The van der Waals surface area contributed by atoms with Crippen LogP contribution in [0.4, 0.5) is 0 Å². The Labute approximate surface area is 134 Å². The van der Waals surface area contributed by atoms with Gasteiger partial charge in [-0.1, -0.05) is 48.5 Å². The van der Waals surface area contributed by atoms with Crippen molar-refractivity contribution in [2.45, 2.75) is 0 Å². The number of hydrogen-bond acceptors (Lipinski definition) is 3. The zero-order valence-corrected chi connectivity index (χ0v) is 12.3. The molecule has 0 atom stereocenters. The highest BCUT2D eigenvalue weighted by molar-refractivity contribution is 6.62. The predicted molar refractivity (Wildman–Crippen MR) is 94.5 cm³/mol. The molecule has 0 bridgehead atoms. The monoisotopic (exact) mass is 299 g/mol. The molecule has 3 nitrogen and oxygen atoms in total. The molecule has 2 N–H and O–H groups in total. The Bertz CT molecular complexity index is 1010. The van der Waals surface area contributed by atoms with Crippen molar-refractivity contribution in [2.75, 3.05) is 0 Å². The fraction of sp³-hybridized carbons (Fsp3) is 0. The van der Waals surface area contributed by atoms with E-state index in [1.807, 2.05) is 54.6 Å². The number of nitrogens with zero attached hydrogens (tertiary/aromatic N) is 1. The molecule has 0 aliphatic heterocycles. The Balaban J connectivity index is 1.99. The molecule has 0 aliphatic carbocycles. The Kier molecular flexibility index (Phi) is 3.34. The summed E-state index contributed by atoms with van der Waals surface area (Å²) in [6.07, 6.45) is 1.79. The number of aromatic nitrogens is 1. The van der Waals surface area contributed by atoms with Gasteiger partial charge in [0.05, 0.1) is 5.52 Å². The smallest absolute Gasteiger partial charge is 0.423 e. The quantitative estimate of drug-likeness (QED) is 0.560. The Morgan fingerprint density at radius 3 is 2.43 bits per heavy atom. The lowest BCUT2D eigenvalue weighted by Crippen LogP contribution is -2.30. The second kappa shape index (κ2) is 5.50. The van der Waals surface area contributed by atoms with Crippen molar-refractivity contribution in [3.63, 3.8) is 0 Å². The van der Waals surface area contributed by atoms with Crippen molar-refractivity contribution in [2.24, 2.45) is 0 Å². The number of fused-ring (bicyclic) bond motifs is 2. The van der Waals surface area contributed by atoms with Gasteiger partial charge in [0.2, 0.25) is 0 Å². The Hall–Kier alpha value is -2.69. The number of hydrogen-bond donors (Lipinski definition) is 2. The molecule has 0 fully saturated rings. The Morgan fingerprint density at radius 1 is 0.783 bits per heavy atom. The van der Waals surface area contributed by atoms with Crippen LogP contribution < -0.4 is 5.46 Å². The molecule has 0 radical (unpaired) electrons. The molecule has 4 heteroatoms. The van der Waals surface area contributed by atoms with Gasteiger partial charge in [-0.25, -0.2) is 0 Å². The summed E-state index contributed by atoms with van der Waals surface area (Å²) in [6.45, 7) is 0. The first kappa shape index (κ1) is 13.9. The lowest BCUT2D eigenvalue weighted by molar-refractivity contribution is 0.426. The normalized spacial score (nSPS) is 11.0. The van der Waals surface area contributed by atoms with E-state index in [0.29, 0.717) is 5.46 Å². The first-order valence-electron chi connectivity index (χ1n) is 7.47. The van der Waals surface area contributed by atoms with Crippen molar-refractivity contribution >= 4 is 34.3 Å². The van der Waals surface area contributed by atoms with Gasteiger partial charge in [0.1, 0.15) is 0 Å². The summed E-state index contributed by atoms with van der Waals surface area (Å²) in [5.74, 6) is 0. The molecule has 0 aliphatic rings. The van der Waals surface area contributed by atoms with E-state index >= 15 is 0 Å². The van der Waals surface area contributed by atoms with Crippen LogP contribution in [0.5, 0.6) is 0 Å². The molecule has 3 aromatic carbocycles. The van der Waals surface area contributed by atoms with Crippen LogP contribution in [0, 0.1) is 0 Å². The minimum Gasteiger partial charge on any atom is -0.423 e. The van der Waals surface area contributed by atoms with Gasteiger partial charge in [0, 0.05) is 11.6 Å². The maximum Gasteiger partial charge on any atom is 0.489 e. The third-order valence-electron chi connectivity index (χ3n) is 4.15. The van der Waals surface area contributed by atoms with Gasteiger partial charge in [-0.15, -0.1) is 0 Å². The summed E-state index contributed by atoms with van der Waals surface area (Å²) in [5, 5.41) is 22.1. The van der Waals surface area contributed by atoms with Crippen LogP contribution in [0.3, 0.4) is 0 Å². The van der Waals surface area contributed by atoms with Crippen LogP contribution in [-0.2, 0) is 0 Å². The standard InChI is InChI=1S/C19H14BNO2/c22-20(23)18-9-8-15(16-5-1-2-6-17(16)18)13-7-10-19-14(12-13)4-3-11-21-19/h1-12,22-23H. The lowest BCUT2D eigenvalue weighted by atomic mass is 9.76. The summed E-state index contributed by atoms with van der Waals surface area (Å²) >= 11 is 0. The van der Waals surface area contributed by atoms with Gasteiger partial charge in [-0.05, 0) is 45.6 Å². The first-order chi connectivity index (χ1) is 11.2. The molecule has 4 rings (SSSR count). The molecular formula is C19H14BNO2. The SMILES string of the molecule is OB(O)c1ccc(-c2ccc3ncccc3c2)c2ccccc12. The van der Waals surface area contributed by atoms with Crippen LogP contribution >= 0.6 is 0 Å². The fourth-order valence-electron chi connectivity index (χ4n) is 3.04. The van der Waals surface area contributed by atoms with Gasteiger partial charge in [0.15, 0.2) is 0 Å². The number of rotatable bonds is 2. The summed E-state index contributed by atoms with van der Waals surface area (Å²) in [4.78, 5) is 4.35. The average Bonchev–Trinajstić information content (AvgIpc) is 2.60. The molecule has 1 heterocycles. The first-order valence-corrected chi connectivity index (χ1v) is 7.47. The molecule has 4 aromatic rings. The topological polar surface area (TPSA) is 53.4 Å². The predicted octanol–water partition coefficient (Wildman–Crippen LogP) is 2.73. The van der Waals surface area contributed by atoms with Crippen LogP contribution in [0.2, 0.25) is 0 Å². The number of pyridine rings is 1. The Morgan fingerprint density at radius 2 is 1.61 bits per heavy atom. The molecular weight excluding hydrogens is 285 g/mol. The zero-order chi connectivity index (χ0) is 15.8. The van der Waals surface area contributed by atoms with Crippen LogP contribution in [0.15, 0.2) is 72.9 Å². The van der Waals surface area contributed by atoms with E-state index in [9.17, 15) is 10.0 Å². The van der Waals surface area contributed by atoms with Gasteiger partial charge in [-0.2, -0.15) is 0 Å². The lowest BCUT2D eigenvalue weighted by Gasteiger charge is -2.11. The highest BCUT2D eigenvalue weighted by Gasteiger charge is 2.16. The van der Waals surface area contributed by atoms with Gasteiger partial charge in [0.25, 0.3) is 0 Å². The summed E-state index contributed by atoms with van der Waals surface area (Å²) < 4.78 is 0. The van der Waals surface area contributed by atoms with E-state index in [2.05, 4.69) is 11.1 Å². The fourth-order valence-corrected chi connectivity index (χ4v) is 3.04. The maximum atomic E-state index is 9.57. The molecule has 0 spiro atoms. The van der Waals surface area contributed by atoms with E-state index < -0.39 is 7.12 Å². The van der Waals surface area contributed by atoms with Crippen molar-refractivity contribution in [3.8, 4) is 11.1 Å². The maximum absolute atomic E-state index is 9.57. The second-order valence-electron chi connectivity index (χ2n) is 5.53. The van der Waals surface area contributed by atoms with Crippen molar-refractivity contribution in [1.29, 1.82) is 0 Å².